The van der Waals surface area contributed by atoms with E-state index in [0.29, 0.717) is 103 Å². The molecule has 0 aliphatic carbocycles. The maximum Gasteiger partial charge on any atom is 0.415 e. The third-order valence-electron chi connectivity index (χ3n) is 13.4. The molecule has 0 unspecified atom stereocenters. The Balaban J connectivity index is 0.852. The summed E-state index contributed by atoms with van der Waals surface area (Å²) in [5.74, 6) is -1.40. The molecule has 9 amide bonds. The van der Waals surface area contributed by atoms with Crippen molar-refractivity contribution in [3.63, 3.8) is 0 Å². The highest BCUT2D eigenvalue weighted by Gasteiger charge is 2.36. The normalized spacial score (nSPS) is 15.9. The number of nitrogens with two attached hydrogens (primary N) is 1. The molecule has 2 atom stereocenters. The number of H-pyrrole nitrogens is 1. The number of ether oxygens (including phenoxy) is 1. The molecule has 0 spiro atoms. The number of aromatic amines is 1. The van der Waals surface area contributed by atoms with Gasteiger partial charge in [-0.2, -0.15) is 0 Å². The van der Waals surface area contributed by atoms with Crippen molar-refractivity contribution in [2.24, 2.45) is 5.73 Å². The van der Waals surface area contributed by atoms with Crippen LogP contribution in [0.3, 0.4) is 0 Å². The Hall–Kier alpha value is -7.81. The number of benzene rings is 4. The molecule has 388 valence electrons. The SMILES string of the molecule is CN1CCN(C(=O)Oc2cc3c(c4ccccc24)[C@H](CCl)CN3C(=O)c2cc3cc(NC(=O)c4ccc(NC(=O)[C@H](CCCNC(N)=O)NCCNC(=O)CCCCCN5C(=O)C=CC5=O)cc4)ccc3[nH]2)CC1. The molecule has 0 radical (unpaired) electrons. The number of alkyl halides is 1. The number of amides is 9. The smallest absolute Gasteiger partial charge is 0.409 e. The van der Waals surface area contributed by atoms with Crippen molar-refractivity contribution in [2.75, 3.05) is 87.4 Å². The standard InChI is InChI=1S/C53H60ClN11O9/c1-62-24-26-63(27-25-62)53(73)74-44-30-43-48(39-9-5-4-8-38(39)44)35(31-54)32-65(43)51(71)42-29-34-28-37(16-17-40(34)61-42)60-49(69)33-12-14-36(15-13-33)59-50(70)41(10-7-20-58-52(55)72)56-21-22-57-45(66)11-3-2-6-23-64-46(67)18-19-47(64)68/h4-5,8-9,12-19,28-30,35,41,56,61H,2-3,6-7,10-11,20-27,31-32H2,1H3,(H,57,66)(H,59,70)(H,60,69)(H3,55,58,72)/t35-,41+/m1/s1. The van der Waals surface area contributed by atoms with Crippen molar-refractivity contribution in [1.29, 1.82) is 0 Å². The molecule has 20 nitrogen and oxygen atoms in total. The average Bonchev–Trinajstić information content (AvgIpc) is 4.09. The first-order chi connectivity index (χ1) is 35.8. The highest BCUT2D eigenvalue weighted by molar-refractivity contribution is 6.19. The van der Waals surface area contributed by atoms with Crippen LogP contribution in [0, 0.1) is 0 Å². The van der Waals surface area contributed by atoms with Gasteiger partial charge < -0.3 is 56.7 Å². The van der Waals surface area contributed by atoms with E-state index in [9.17, 15) is 38.4 Å². The van der Waals surface area contributed by atoms with E-state index in [1.54, 1.807) is 64.4 Å². The predicted molar refractivity (Wildman–Crippen MR) is 281 cm³/mol. The number of carbonyl (C=O) groups excluding carboxylic acids is 8. The molecule has 5 aromatic rings. The van der Waals surface area contributed by atoms with E-state index in [0.717, 1.165) is 29.4 Å². The average molecular weight is 1030 g/mol. The lowest BCUT2D eigenvalue weighted by Crippen LogP contribution is -2.48. The van der Waals surface area contributed by atoms with Crippen molar-refractivity contribution in [1.82, 2.24) is 35.6 Å². The number of halogens is 1. The predicted octanol–water partition coefficient (Wildman–Crippen LogP) is 5.25. The Labute approximate surface area is 432 Å². The number of fused-ring (bicyclic) bond motifs is 4. The Bertz CT molecular complexity index is 2950. The van der Waals surface area contributed by atoms with Crippen molar-refractivity contribution in [2.45, 2.75) is 50.5 Å². The number of hydrogen-bond donors (Lipinski definition) is 7. The zero-order chi connectivity index (χ0) is 52.3. The molecule has 3 aliphatic rings. The summed E-state index contributed by atoms with van der Waals surface area (Å²) < 4.78 is 6.05. The summed E-state index contributed by atoms with van der Waals surface area (Å²) in [4.78, 5) is 112. The van der Waals surface area contributed by atoms with E-state index in [4.69, 9.17) is 22.1 Å². The van der Waals surface area contributed by atoms with Gasteiger partial charge in [0.2, 0.25) is 11.8 Å². The molecule has 8 rings (SSSR count). The van der Waals surface area contributed by atoms with Gasteiger partial charge in [0.25, 0.3) is 23.6 Å². The van der Waals surface area contributed by atoms with Crippen LogP contribution >= 0.6 is 11.6 Å². The van der Waals surface area contributed by atoms with Crippen LogP contribution < -0.4 is 42.0 Å². The highest BCUT2D eigenvalue weighted by Crippen LogP contribution is 2.46. The number of primary amides is 1. The van der Waals surface area contributed by atoms with Crippen LogP contribution in [0.25, 0.3) is 21.7 Å². The first-order valence-electron chi connectivity index (χ1n) is 24.8. The molecular weight excluding hydrogens is 970 g/mol. The molecule has 1 saturated heterocycles. The van der Waals surface area contributed by atoms with Gasteiger partial charge >= 0.3 is 12.1 Å². The number of nitrogens with zero attached hydrogens (tertiary/aromatic N) is 4. The van der Waals surface area contributed by atoms with E-state index in [-0.39, 0.29) is 67.4 Å². The molecule has 0 saturated carbocycles. The highest BCUT2D eigenvalue weighted by atomic mass is 35.5. The monoisotopic (exact) mass is 1030 g/mol. The minimum Gasteiger partial charge on any atom is -0.409 e. The van der Waals surface area contributed by atoms with Crippen LogP contribution in [0.5, 0.6) is 5.75 Å². The number of carbonyl (C=O) groups is 8. The minimum atomic E-state index is -0.694. The summed E-state index contributed by atoms with van der Waals surface area (Å²) in [6.45, 7) is 4.01. The number of likely N-dealkylation sites (N-methyl/N-ethyl adjacent to an activating group) is 1. The van der Waals surface area contributed by atoms with Crippen molar-refractivity contribution < 1.29 is 43.1 Å². The van der Waals surface area contributed by atoms with E-state index < -0.39 is 24.1 Å². The van der Waals surface area contributed by atoms with Gasteiger partial charge in [0.05, 0.1) is 11.7 Å². The van der Waals surface area contributed by atoms with Gasteiger partial charge in [0.1, 0.15) is 11.4 Å². The lowest BCUT2D eigenvalue weighted by atomic mass is 9.95. The maximum atomic E-state index is 14.4. The summed E-state index contributed by atoms with van der Waals surface area (Å²) in [7, 11) is 2.01. The van der Waals surface area contributed by atoms with Gasteiger partial charge in [-0.3, -0.25) is 33.7 Å². The summed E-state index contributed by atoms with van der Waals surface area (Å²) in [5.41, 5.74) is 9.00. The summed E-state index contributed by atoms with van der Waals surface area (Å²) in [6.07, 6.45) is 4.95. The van der Waals surface area contributed by atoms with Crippen molar-refractivity contribution >= 4 is 97.9 Å². The first-order valence-corrected chi connectivity index (χ1v) is 25.3. The second-order valence-corrected chi connectivity index (χ2v) is 18.9. The first kappa shape index (κ1) is 52.5. The Morgan fingerprint density at radius 3 is 2.26 bits per heavy atom. The Kier molecular flexibility index (Phi) is 17.2. The molecule has 74 heavy (non-hydrogen) atoms. The molecule has 21 heteroatoms. The molecule has 0 bridgehead atoms. The quantitative estimate of drug-likeness (QED) is 0.0284. The number of urea groups is 1. The van der Waals surface area contributed by atoms with Gasteiger partial charge in [-0.1, -0.05) is 30.7 Å². The number of unbranched alkanes of at least 4 members (excludes halogenated alkanes) is 2. The zero-order valence-electron chi connectivity index (χ0n) is 41.0. The fourth-order valence-corrected chi connectivity index (χ4v) is 9.59. The number of hydrogen-bond acceptors (Lipinski definition) is 11. The molecule has 3 aliphatic heterocycles. The lowest BCUT2D eigenvalue weighted by Gasteiger charge is -2.31. The summed E-state index contributed by atoms with van der Waals surface area (Å²) in [5, 5.41) is 16.6. The van der Waals surface area contributed by atoms with Crippen LogP contribution in [0.15, 0.2) is 91.0 Å². The van der Waals surface area contributed by atoms with E-state index in [1.807, 2.05) is 31.3 Å². The van der Waals surface area contributed by atoms with E-state index in [1.165, 1.54) is 17.1 Å². The van der Waals surface area contributed by atoms with Crippen LogP contribution in [0.1, 0.15) is 70.9 Å². The van der Waals surface area contributed by atoms with Crippen LogP contribution in [0.2, 0.25) is 0 Å². The zero-order valence-corrected chi connectivity index (χ0v) is 41.8. The molecule has 4 heterocycles. The second kappa shape index (κ2) is 24.3. The second-order valence-electron chi connectivity index (χ2n) is 18.5. The fraction of sp³-hybridized carbons (Fsp3) is 0.358. The van der Waals surface area contributed by atoms with Crippen LogP contribution in [-0.4, -0.2) is 145 Å². The maximum absolute atomic E-state index is 14.4. The van der Waals surface area contributed by atoms with Gasteiger partial charge in [-0.05, 0) is 92.2 Å². The molecule has 8 N–H and O–H groups in total. The number of imide groups is 1. The van der Waals surface area contributed by atoms with Gasteiger partial charge in [-0.25, -0.2) is 9.59 Å². The molecule has 1 aromatic heterocycles. The largest absolute Gasteiger partial charge is 0.415 e. The molecule has 1 fully saturated rings. The third-order valence-corrected chi connectivity index (χ3v) is 13.7. The van der Waals surface area contributed by atoms with Crippen molar-refractivity contribution in [3.8, 4) is 5.75 Å². The van der Waals surface area contributed by atoms with Gasteiger partial charge in [0, 0.05) is 129 Å². The van der Waals surface area contributed by atoms with Gasteiger partial charge in [-0.15, -0.1) is 11.6 Å². The van der Waals surface area contributed by atoms with E-state index in [2.05, 4.69) is 36.5 Å². The Morgan fingerprint density at radius 2 is 1.53 bits per heavy atom. The third kappa shape index (κ3) is 12.9. The van der Waals surface area contributed by atoms with Crippen LogP contribution in [0.4, 0.5) is 26.7 Å². The molecular formula is C53H60ClN11O9. The number of nitrogens with one attached hydrogen (secondary N) is 6. The number of piperazine rings is 1. The van der Waals surface area contributed by atoms with E-state index >= 15 is 0 Å². The minimum absolute atomic E-state index is 0.164. The van der Waals surface area contributed by atoms with Crippen LogP contribution in [-0.2, 0) is 19.2 Å². The molecule has 4 aromatic carbocycles. The number of anilines is 3. The lowest BCUT2D eigenvalue weighted by molar-refractivity contribution is -0.137. The van der Waals surface area contributed by atoms with Crippen molar-refractivity contribution in [3.05, 3.63) is 108 Å². The topological polar surface area (TPSA) is 261 Å². The number of rotatable bonds is 21. The summed E-state index contributed by atoms with van der Waals surface area (Å²) >= 11 is 6.55. The number of aromatic nitrogens is 1. The summed E-state index contributed by atoms with van der Waals surface area (Å²) in [6, 6.07) is 21.4. The van der Waals surface area contributed by atoms with Gasteiger partial charge in [0.15, 0.2) is 0 Å². The fourth-order valence-electron chi connectivity index (χ4n) is 9.34. The Morgan fingerprint density at radius 1 is 0.797 bits per heavy atom.